The van der Waals surface area contributed by atoms with Gasteiger partial charge in [-0.3, -0.25) is 14.7 Å². The van der Waals surface area contributed by atoms with E-state index < -0.39 is 4.92 Å². The predicted octanol–water partition coefficient (Wildman–Crippen LogP) is 2.39. The fourth-order valence-corrected chi connectivity index (χ4v) is 2.14. The van der Waals surface area contributed by atoms with E-state index in [0.29, 0.717) is 16.9 Å². The molecule has 8 nitrogen and oxygen atoms in total. The van der Waals surface area contributed by atoms with Gasteiger partial charge in [0, 0.05) is 6.07 Å². The summed E-state index contributed by atoms with van der Waals surface area (Å²) in [5.41, 5.74) is 1.28. The van der Waals surface area contributed by atoms with Crippen LogP contribution in [-0.4, -0.2) is 31.6 Å². The number of nitro groups is 1. The summed E-state index contributed by atoms with van der Waals surface area (Å²) in [5.74, 6) is 0.181. The number of fused-ring (bicyclic) bond motifs is 1. The summed E-state index contributed by atoms with van der Waals surface area (Å²) in [6.45, 7) is 0. The van der Waals surface area contributed by atoms with Gasteiger partial charge in [0.15, 0.2) is 16.5 Å². The van der Waals surface area contributed by atoms with Gasteiger partial charge in [-0.05, 0) is 12.1 Å². The van der Waals surface area contributed by atoms with Crippen molar-refractivity contribution >= 4 is 28.5 Å². The zero-order chi connectivity index (χ0) is 15.0. The highest BCUT2D eigenvalue weighted by molar-refractivity contribution is 6.33. The molecule has 0 aliphatic carbocycles. The summed E-state index contributed by atoms with van der Waals surface area (Å²) >= 11 is 5.93. The lowest BCUT2D eigenvalue weighted by molar-refractivity contribution is -0.385. The van der Waals surface area contributed by atoms with E-state index in [1.54, 1.807) is 10.6 Å². The molecule has 0 fully saturated rings. The third-order valence-electron chi connectivity index (χ3n) is 2.93. The van der Waals surface area contributed by atoms with Crippen LogP contribution in [0.25, 0.3) is 16.9 Å². The molecular formula is C12H8ClN5O3. The first-order valence-corrected chi connectivity index (χ1v) is 6.16. The fraction of sp³-hybridized carbons (Fsp3) is 0.0833. The van der Waals surface area contributed by atoms with Crippen LogP contribution < -0.4 is 4.74 Å². The second kappa shape index (κ2) is 4.98. The number of methoxy groups -OCH3 is 1. The second-order valence-electron chi connectivity index (χ2n) is 4.06. The highest BCUT2D eigenvalue weighted by atomic mass is 35.5. The molecule has 0 bridgehead atoms. The third-order valence-corrected chi connectivity index (χ3v) is 3.20. The number of halogens is 1. The third kappa shape index (κ3) is 2.15. The molecule has 0 amide bonds. The van der Waals surface area contributed by atoms with Crippen molar-refractivity contribution in [3.63, 3.8) is 0 Å². The summed E-state index contributed by atoms with van der Waals surface area (Å²) in [5, 5.41) is 11.3. The lowest BCUT2D eigenvalue weighted by Crippen LogP contribution is -1.98. The first kappa shape index (κ1) is 13.3. The molecule has 0 unspecified atom stereocenters. The van der Waals surface area contributed by atoms with Crippen LogP contribution in [-0.2, 0) is 0 Å². The van der Waals surface area contributed by atoms with Crippen LogP contribution in [0, 0.1) is 10.1 Å². The first-order valence-electron chi connectivity index (χ1n) is 5.78. The minimum Gasteiger partial charge on any atom is -0.490 e. The Bertz CT molecular complexity index is 848. The Morgan fingerprint density at radius 1 is 1.33 bits per heavy atom. The summed E-state index contributed by atoms with van der Waals surface area (Å²) in [4.78, 5) is 22.6. The van der Waals surface area contributed by atoms with Gasteiger partial charge in [0.2, 0.25) is 0 Å². The zero-order valence-corrected chi connectivity index (χ0v) is 11.5. The quantitative estimate of drug-likeness (QED) is 0.419. The molecule has 0 radical (unpaired) electrons. The molecule has 0 spiro atoms. The molecule has 0 aliphatic heterocycles. The number of nitrogens with zero attached hydrogens (tertiary/aromatic N) is 5. The maximum atomic E-state index is 11.1. The van der Waals surface area contributed by atoms with Gasteiger partial charge in [-0.25, -0.2) is 15.0 Å². The number of imidazole rings is 1. The van der Waals surface area contributed by atoms with Gasteiger partial charge < -0.3 is 4.74 Å². The molecule has 0 atom stereocenters. The molecule has 9 heteroatoms. The number of hydrogen-bond donors (Lipinski definition) is 0. The molecule has 21 heavy (non-hydrogen) atoms. The van der Waals surface area contributed by atoms with Crippen molar-refractivity contribution in [1.82, 2.24) is 19.5 Å². The van der Waals surface area contributed by atoms with Crippen LogP contribution in [0.3, 0.4) is 0 Å². The Hall–Kier alpha value is -2.74. The van der Waals surface area contributed by atoms with Gasteiger partial charge in [0.25, 0.3) is 0 Å². The smallest absolute Gasteiger partial charge is 0.312 e. The number of rotatable bonds is 3. The molecule has 0 saturated heterocycles. The van der Waals surface area contributed by atoms with E-state index in [1.807, 2.05) is 0 Å². The average Bonchev–Trinajstić information content (AvgIpc) is 2.92. The molecular weight excluding hydrogens is 298 g/mol. The van der Waals surface area contributed by atoms with Crippen molar-refractivity contribution in [2.75, 3.05) is 7.11 Å². The monoisotopic (exact) mass is 305 g/mol. The normalized spacial score (nSPS) is 10.8. The standard InChI is InChI=1S/C12H8ClN5O3/c1-21-9-3-2-7(4-8(9)18(19)20)17-6-16-10-11(13)14-5-15-12(10)17/h2-6H,1H3. The second-order valence-corrected chi connectivity index (χ2v) is 4.42. The number of nitro benzene ring substituents is 1. The number of ether oxygens (including phenoxy) is 1. The molecule has 2 aromatic heterocycles. The van der Waals surface area contributed by atoms with E-state index in [-0.39, 0.29) is 16.6 Å². The summed E-state index contributed by atoms with van der Waals surface area (Å²) in [7, 11) is 1.38. The molecule has 106 valence electrons. The van der Waals surface area contributed by atoms with Gasteiger partial charge >= 0.3 is 5.69 Å². The molecule has 3 aromatic rings. The van der Waals surface area contributed by atoms with E-state index in [0.717, 1.165) is 0 Å². The molecule has 2 heterocycles. The van der Waals surface area contributed by atoms with E-state index in [2.05, 4.69) is 15.0 Å². The predicted molar refractivity (Wildman–Crippen MR) is 74.9 cm³/mol. The van der Waals surface area contributed by atoms with Crippen molar-refractivity contribution in [3.05, 3.63) is 46.1 Å². The van der Waals surface area contributed by atoms with Crippen molar-refractivity contribution in [2.24, 2.45) is 0 Å². The Morgan fingerprint density at radius 3 is 2.86 bits per heavy atom. The van der Waals surface area contributed by atoms with Crippen LogP contribution >= 0.6 is 11.6 Å². The maximum absolute atomic E-state index is 11.1. The SMILES string of the molecule is COc1ccc(-n2cnc3c(Cl)ncnc32)cc1[N+](=O)[O-]. The van der Waals surface area contributed by atoms with Crippen molar-refractivity contribution in [3.8, 4) is 11.4 Å². The van der Waals surface area contributed by atoms with Crippen molar-refractivity contribution < 1.29 is 9.66 Å². The Kier molecular flexibility index (Phi) is 3.15. The lowest BCUT2D eigenvalue weighted by Gasteiger charge is -2.06. The Balaban J connectivity index is 2.21. The van der Waals surface area contributed by atoms with E-state index in [9.17, 15) is 10.1 Å². The van der Waals surface area contributed by atoms with E-state index in [1.165, 1.54) is 31.9 Å². The van der Waals surface area contributed by atoms with E-state index >= 15 is 0 Å². The fourth-order valence-electron chi connectivity index (χ4n) is 1.97. The van der Waals surface area contributed by atoms with Gasteiger partial charge in [-0.15, -0.1) is 0 Å². The van der Waals surface area contributed by atoms with E-state index in [4.69, 9.17) is 16.3 Å². The minimum absolute atomic E-state index is 0.142. The van der Waals surface area contributed by atoms with Gasteiger partial charge in [-0.1, -0.05) is 11.6 Å². The number of aromatic nitrogens is 4. The molecule has 1 aromatic carbocycles. The molecule has 0 saturated carbocycles. The summed E-state index contributed by atoms with van der Waals surface area (Å²) in [6.07, 6.45) is 2.79. The first-order chi connectivity index (χ1) is 10.1. The average molecular weight is 306 g/mol. The van der Waals surface area contributed by atoms with Gasteiger partial charge in [0.05, 0.1) is 17.7 Å². The summed E-state index contributed by atoms with van der Waals surface area (Å²) in [6, 6.07) is 4.57. The van der Waals surface area contributed by atoms with Crippen LogP contribution in [0.2, 0.25) is 5.15 Å². The topological polar surface area (TPSA) is 96.0 Å². The largest absolute Gasteiger partial charge is 0.490 e. The van der Waals surface area contributed by atoms with Gasteiger partial charge in [0.1, 0.15) is 18.2 Å². The number of benzene rings is 1. The Morgan fingerprint density at radius 2 is 2.14 bits per heavy atom. The zero-order valence-electron chi connectivity index (χ0n) is 10.7. The molecule has 3 rings (SSSR count). The Labute approximate surface area is 123 Å². The molecule has 0 N–H and O–H groups in total. The van der Waals surface area contributed by atoms with Crippen molar-refractivity contribution in [2.45, 2.75) is 0 Å². The van der Waals surface area contributed by atoms with Crippen LogP contribution in [0.5, 0.6) is 5.75 Å². The van der Waals surface area contributed by atoms with Crippen molar-refractivity contribution in [1.29, 1.82) is 0 Å². The van der Waals surface area contributed by atoms with Crippen LogP contribution in [0.4, 0.5) is 5.69 Å². The summed E-state index contributed by atoms with van der Waals surface area (Å²) < 4.78 is 6.56. The highest BCUT2D eigenvalue weighted by Gasteiger charge is 2.17. The minimum atomic E-state index is -0.511. The highest BCUT2D eigenvalue weighted by Crippen LogP contribution is 2.30. The van der Waals surface area contributed by atoms with Crippen LogP contribution in [0.1, 0.15) is 0 Å². The lowest BCUT2D eigenvalue weighted by atomic mass is 10.2. The maximum Gasteiger partial charge on any atom is 0.312 e. The number of hydrogen-bond acceptors (Lipinski definition) is 6. The molecule has 0 aliphatic rings. The van der Waals surface area contributed by atoms with Gasteiger partial charge in [-0.2, -0.15) is 0 Å². The van der Waals surface area contributed by atoms with Crippen LogP contribution in [0.15, 0.2) is 30.9 Å².